The highest BCUT2D eigenvalue weighted by atomic mass is 19.4. The van der Waals surface area contributed by atoms with Crippen molar-refractivity contribution in [3.8, 4) is 44.6 Å². The van der Waals surface area contributed by atoms with Crippen molar-refractivity contribution in [3.05, 3.63) is 120 Å². The van der Waals surface area contributed by atoms with Gasteiger partial charge in [0.25, 0.3) is 0 Å². The van der Waals surface area contributed by atoms with Crippen LogP contribution >= 0.6 is 0 Å². The summed E-state index contributed by atoms with van der Waals surface area (Å²) < 4.78 is 40.9. The number of fused-ring (bicyclic) bond motifs is 3. The molecule has 0 spiro atoms. The van der Waals surface area contributed by atoms with E-state index < -0.39 is 11.7 Å². The summed E-state index contributed by atoms with van der Waals surface area (Å²) >= 11 is 0. The molecule has 6 rings (SSSR count). The molecule has 2 heterocycles. The third kappa shape index (κ3) is 3.77. The molecule has 0 saturated heterocycles. The lowest BCUT2D eigenvalue weighted by Gasteiger charge is -2.15. The van der Waals surface area contributed by atoms with Gasteiger partial charge in [0.2, 0.25) is 0 Å². The normalized spacial score (nSPS) is 12.3. The van der Waals surface area contributed by atoms with Crippen LogP contribution in [0, 0.1) is 6.92 Å². The van der Waals surface area contributed by atoms with E-state index in [1.54, 1.807) is 24.5 Å². The molecule has 0 saturated carbocycles. The van der Waals surface area contributed by atoms with E-state index in [0.29, 0.717) is 22.4 Å². The summed E-state index contributed by atoms with van der Waals surface area (Å²) in [5.74, 6) is 0. The van der Waals surface area contributed by atoms with Crippen molar-refractivity contribution >= 4 is 0 Å². The second-order valence-electron chi connectivity index (χ2n) is 9.06. The molecule has 0 unspecified atom stereocenters. The quantitative estimate of drug-likeness (QED) is 0.255. The van der Waals surface area contributed by atoms with Gasteiger partial charge >= 0.3 is 6.18 Å². The number of aryl methyl sites for hydroxylation is 1. The minimum atomic E-state index is -4.49. The van der Waals surface area contributed by atoms with Crippen molar-refractivity contribution in [3.63, 3.8) is 0 Å². The van der Waals surface area contributed by atoms with Crippen molar-refractivity contribution in [1.82, 2.24) is 9.97 Å². The molecule has 3 aromatic carbocycles. The minimum absolute atomic E-state index is 0.423. The molecule has 36 heavy (non-hydrogen) atoms. The van der Waals surface area contributed by atoms with Crippen molar-refractivity contribution < 1.29 is 13.2 Å². The van der Waals surface area contributed by atoms with Gasteiger partial charge < -0.3 is 0 Å². The Bertz CT molecular complexity index is 1600. The van der Waals surface area contributed by atoms with Gasteiger partial charge in [-0.3, -0.25) is 9.97 Å². The highest BCUT2D eigenvalue weighted by molar-refractivity contribution is 5.89. The monoisotopic (exact) mass is 478 g/mol. The summed E-state index contributed by atoms with van der Waals surface area (Å²) in [6.07, 6.45) is 0.478. The number of hydrogen-bond acceptors (Lipinski definition) is 2. The van der Waals surface area contributed by atoms with Crippen LogP contribution in [0.5, 0.6) is 0 Å². The van der Waals surface area contributed by atoms with Gasteiger partial charge in [-0.1, -0.05) is 54.6 Å². The maximum absolute atomic E-state index is 13.6. The Morgan fingerprint density at radius 3 is 2.28 bits per heavy atom. The van der Waals surface area contributed by atoms with E-state index in [4.69, 9.17) is 0 Å². The van der Waals surface area contributed by atoms with Crippen LogP contribution in [0.4, 0.5) is 13.2 Å². The third-order valence-corrected chi connectivity index (χ3v) is 6.81. The summed E-state index contributed by atoms with van der Waals surface area (Å²) in [5, 5.41) is 0. The van der Waals surface area contributed by atoms with Gasteiger partial charge in [0.1, 0.15) is 0 Å². The van der Waals surface area contributed by atoms with Crippen LogP contribution in [0.25, 0.3) is 44.6 Å². The van der Waals surface area contributed by atoms with Crippen LogP contribution in [0.3, 0.4) is 0 Å². The van der Waals surface area contributed by atoms with Crippen LogP contribution in [-0.4, -0.2) is 9.97 Å². The summed E-state index contributed by atoms with van der Waals surface area (Å²) in [6.45, 7) is 2.12. The molecule has 1 aliphatic rings. The zero-order chi connectivity index (χ0) is 24.9. The van der Waals surface area contributed by atoms with Gasteiger partial charge in [-0.25, -0.2) is 0 Å². The Morgan fingerprint density at radius 2 is 1.50 bits per heavy atom. The van der Waals surface area contributed by atoms with E-state index in [2.05, 4.69) is 53.3 Å². The average molecular weight is 479 g/mol. The largest absolute Gasteiger partial charge is 0.417 e. The number of hydrogen-bond donors (Lipinski definition) is 0. The standard InChI is InChI=1S/C31H21F3N2/c1-19-11-12-25(28-15-22-6-2-3-10-26(22)29(19)28)20-7-4-8-21(14-20)27-16-24(31(32,33)34)18-36-30(27)23-9-5-13-35-17-23/h2-14,16-18H,15H2,1H3. The summed E-state index contributed by atoms with van der Waals surface area (Å²) in [7, 11) is 0. The second kappa shape index (κ2) is 8.45. The van der Waals surface area contributed by atoms with Crippen LogP contribution in [0.2, 0.25) is 0 Å². The lowest BCUT2D eigenvalue weighted by atomic mass is 9.90. The zero-order valence-corrected chi connectivity index (χ0v) is 19.5. The fourth-order valence-electron chi connectivity index (χ4n) is 5.13. The number of pyridine rings is 2. The van der Waals surface area contributed by atoms with Gasteiger partial charge in [-0.2, -0.15) is 13.2 Å². The molecule has 0 aliphatic heterocycles. The molecular formula is C31H21F3N2. The Balaban J connectivity index is 1.52. The summed E-state index contributed by atoms with van der Waals surface area (Å²) in [5.41, 5.74) is 9.78. The maximum Gasteiger partial charge on any atom is 0.417 e. The first kappa shape index (κ1) is 22.2. The fraction of sp³-hybridized carbons (Fsp3) is 0.0968. The highest BCUT2D eigenvalue weighted by Crippen LogP contribution is 2.44. The number of rotatable bonds is 3. The Morgan fingerprint density at radius 1 is 0.722 bits per heavy atom. The lowest BCUT2D eigenvalue weighted by molar-refractivity contribution is -0.137. The van der Waals surface area contributed by atoms with Crippen LogP contribution in [-0.2, 0) is 12.6 Å². The Kier molecular flexibility index (Phi) is 5.22. The lowest BCUT2D eigenvalue weighted by Crippen LogP contribution is -2.06. The van der Waals surface area contributed by atoms with Crippen LogP contribution < -0.4 is 0 Å². The molecule has 0 radical (unpaired) electrons. The average Bonchev–Trinajstić information content (AvgIpc) is 3.29. The molecule has 5 heteroatoms. The second-order valence-corrected chi connectivity index (χ2v) is 9.06. The van der Waals surface area contributed by atoms with Gasteiger partial charge in [0, 0.05) is 29.7 Å². The molecule has 176 valence electrons. The topological polar surface area (TPSA) is 25.8 Å². The first-order chi connectivity index (χ1) is 17.4. The van der Waals surface area contributed by atoms with Gasteiger partial charge in [0.15, 0.2) is 0 Å². The Labute approximate surface area is 207 Å². The SMILES string of the molecule is Cc1ccc(-c2cccc(-c3cc(C(F)(F)F)cnc3-c3cccnc3)c2)c2c1-c1ccccc1C2. The van der Waals surface area contributed by atoms with Crippen LogP contribution in [0.15, 0.2) is 97.5 Å². The van der Waals surface area contributed by atoms with E-state index in [1.165, 1.54) is 33.9 Å². The van der Waals surface area contributed by atoms with Crippen molar-refractivity contribution in [2.45, 2.75) is 19.5 Å². The minimum Gasteiger partial charge on any atom is -0.264 e. The molecule has 1 aliphatic carbocycles. The third-order valence-electron chi connectivity index (χ3n) is 6.81. The van der Waals surface area contributed by atoms with E-state index in [9.17, 15) is 13.2 Å². The van der Waals surface area contributed by atoms with Crippen molar-refractivity contribution in [1.29, 1.82) is 0 Å². The molecule has 2 nitrogen and oxygen atoms in total. The molecule has 0 N–H and O–H groups in total. The first-order valence-electron chi connectivity index (χ1n) is 11.7. The Hall–Kier alpha value is -4.25. The van der Waals surface area contributed by atoms with Crippen LogP contribution in [0.1, 0.15) is 22.3 Å². The fourth-order valence-corrected chi connectivity index (χ4v) is 5.13. The van der Waals surface area contributed by atoms with Crippen molar-refractivity contribution in [2.24, 2.45) is 0 Å². The van der Waals surface area contributed by atoms with Gasteiger partial charge in [0.05, 0.1) is 11.3 Å². The predicted molar refractivity (Wildman–Crippen MR) is 136 cm³/mol. The number of halogens is 3. The predicted octanol–water partition coefficient (Wildman–Crippen LogP) is 8.38. The number of aromatic nitrogens is 2. The highest BCUT2D eigenvalue weighted by Gasteiger charge is 2.32. The first-order valence-corrected chi connectivity index (χ1v) is 11.7. The van der Waals surface area contributed by atoms with E-state index in [0.717, 1.165) is 23.7 Å². The summed E-state index contributed by atoms with van der Waals surface area (Å²) in [4.78, 5) is 8.37. The number of alkyl halides is 3. The van der Waals surface area contributed by atoms with Gasteiger partial charge in [-0.15, -0.1) is 0 Å². The van der Waals surface area contributed by atoms with E-state index >= 15 is 0 Å². The van der Waals surface area contributed by atoms with Crippen molar-refractivity contribution in [2.75, 3.05) is 0 Å². The molecule has 5 aromatic rings. The molecule has 0 amide bonds. The smallest absolute Gasteiger partial charge is 0.264 e. The summed E-state index contributed by atoms with van der Waals surface area (Å²) in [6, 6.07) is 25.1. The molecule has 0 fully saturated rings. The zero-order valence-electron chi connectivity index (χ0n) is 19.5. The molecule has 2 aromatic heterocycles. The van der Waals surface area contributed by atoms with E-state index in [1.807, 2.05) is 24.3 Å². The molecule has 0 bridgehead atoms. The number of nitrogens with zero attached hydrogens (tertiary/aromatic N) is 2. The molecular weight excluding hydrogens is 457 g/mol. The maximum atomic E-state index is 13.6. The van der Waals surface area contributed by atoms with E-state index in [-0.39, 0.29) is 0 Å². The van der Waals surface area contributed by atoms with Gasteiger partial charge in [-0.05, 0) is 82.1 Å². The molecule has 0 atom stereocenters. The number of benzene rings is 3.